The van der Waals surface area contributed by atoms with Gasteiger partial charge in [0.1, 0.15) is 6.04 Å². The molecular weight excluding hydrogens is 252 g/mol. The Balaban J connectivity index is 2.44. The third kappa shape index (κ3) is 4.75. The lowest BCUT2D eigenvalue weighted by Gasteiger charge is -2.17. The van der Waals surface area contributed by atoms with E-state index in [4.69, 9.17) is 5.11 Å². The molecule has 0 aliphatic carbocycles. The second-order valence-electron chi connectivity index (χ2n) is 4.10. The van der Waals surface area contributed by atoms with Gasteiger partial charge in [-0.15, -0.1) is 11.8 Å². The second-order valence-corrected chi connectivity index (χ2v) is 5.15. The topological polar surface area (TPSA) is 79.3 Å². The van der Waals surface area contributed by atoms with E-state index < -0.39 is 12.0 Å². The van der Waals surface area contributed by atoms with E-state index in [1.807, 2.05) is 0 Å². The van der Waals surface area contributed by atoms with Crippen LogP contribution in [0.15, 0.2) is 29.4 Å². The van der Waals surface area contributed by atoms with Crippen LogP contribution in [0, 0.1) is 5.92 Å². The Labute approximate surface area is 110 Å². The minimum atomic E-state index is -1.01. The maximum absolute atomic E-state index is 11.6. The Bertz CT molecular complexity index is 409. The second kappa shape index (κ2) is 7.00. The first-order valence-corrected chi connectivity index (χ1v) is 6.54. The highest BCUT2D eigenvalue weighted by Crippen LogP contribution is 2.15. The van der Waals surface area contributed by atoms with E-state index in [1.54, 1.807) is 38.4 Å². The van der Waals surface area contributed by atoms with Gasteiger partial charge in [0, 0.05) is 17.3 Å². The lowest BCUT2D eigenvalue weighted by atomic mass is 10.1. The quantitative estimate of drug-likeness (QED) is 0.762. The summed E-state index contributed by atoms with van der Waals surface area (Å²) in [4.78, 5) is 27.3. The standard InChI is InChI=1S/C12H16N2O3S/c1-8(2)11(12(16)17)14-10(15)7-18-9-3-5-13-6-4-9/h3-6,8,11H,7H2,1-2H3,(H,14,15)(H,16,17)/t11-/m0/s1. The van der Waals surface area contributed by atoms with E-state index in [0.29, 0.717) is 0 Å². The van der Waals surface area contributed by atoms with Gasteiger partial charge in [-0.25, -0.2) is 4.79 Å². The monoisotopic (exact) mass is 268 g/mol. The molecule has 0 saturated heterocycles. The molecule has 5 nitrogen and oxygen atoms in total. The minimum absolute atomic E-state index is 0.141. The maximum Gasteiger partial charge on any atom is 0.326 e. The number of carbonyl (C=O) groups is 2. The Morgan fingerprint density at radius 2 is 2.00 bits per heavy atom. The Kier molecular flexibility index (Phi) is 5.64. The normalized spacial score (nSPS) is 12.2. The molecule has 98 valence electrons. The van der Waals surface area contributed by atoms with Crippen molar-refractivity contribution < 1.29 is 14.7 Å². The van der Waals surface area contributed by atoms with Gasteiger partial charge in [-0.1, -0.05) is 13.8 Å². The molecule has 1 aromatic heterocycles. The van der Waals surface area contributed by atoms with Crippen molar-refractivity contribution >= 4 is 23.6 Å². The largest absolute Gasteiger partial charge is 0.480 e. The molecule has 0 aliphatic heterocycles. The summed E-state index contributed by atoms with van der Waals surface area (Å²) >= 11 is 1.35. The van der Waals surface area contributed by atoms with Gasteiger partial charge in [0.2, 0.25) is 5.91 Å². The van der Waals surface area contributed by atoms with Gasteiger partial charge in [0.25, 0.3) is 0 Å². The number of hydrogen-bond acceptors (Lipinski definition) is 4. The average molecular weight is 268 g/mol. The minimum Gasteiger partial charge on any atom is -0.480 e. The molecule has 0 fully saturated rings. The van der Waals surface area contributed by atoms with Crippen LogP contribution < -0.4 is 5.32 Å². The number of aromatic nitrogens is 1. The van der Waals surface area contributed by atoms with Crippen LogP contribution in [0.4, 0.5) is 0 Å². The predicted molar refractivity (Wildman–Crippen MR) is 69.4 cm³/mol. The molecule has 0 aliphatic rings. The molecular formula is C12H16N2O3S. The summed E-state index contributed by atoms with van der Waals surface area (Å²) in [5.41, 5.74) is 0. The van der Waals surface area contributed by atoms with Crippen LogP contribution in [0.5, 0.6) is 0 Å². The fraction of sp³-hybridized carbons (Fsp3) is 0.417. The van der Waals surface area contributed by atoms with Crippen LogP contribution in [0.3, 0.4) is 0 Å². The highest BCUT2D eigenvalue weighted by Gasteiger charge is 2.23. The summed E-state index contributed by atoms with van der Waals surface area (Å²) in [6, 6.07) is 2.76. The first kappa shape index (κ1) is 14.5. The zero-order chi connectivity index (χ0) is 13.5. The van der Waals surface area contributed by atoms with Gasteiger partial charge >= 0.3 is 5.97 Å². The maximum atomic E-state index is 11.6. The summed E-state index contributed by atoms with van der Waals surface area (Å²) < 4.78 is 0. The molecule has 6 heteroatoms. The van der Waals surface area contributed by atoms with Crippen LogP contribution in [0.2, 0.25) is 0 Å². The number of thioether (sulfide) groups is 1. The highest BCUT2D eigenvalue weighted by atomic mass is 32.2. The van der Waals surface area contributed by atoms with Crippen molar-refractivity contribution in [2.45, 2.75) is 24.8 Å². The third-order valence-corrected chi connectivity index (χ3v) is 3.28. The SMILES string of the molecule is CC(C)[C@H](NC(=O)CSc1ccncc1)C(=O)O. The molecule has 18 heavy (non-hydrogen) atoms. The molecule has 0 bridgehead atoms. The van der Waals surface area contributed by atoms with Crippen molar-refractivity contribution in [1.29, 1.82) is 0 Å². The first-order valence-electron chi connectivity index (χ1n) is 5.55. The molecule has 0 spiro atoms. The Hall–Kier alpha value is -1.56. The molecule has 1 aromatic rings. The lowest BCUT2D eigenvalue weighted by molar-refractivity contribution is -0.142. The fourth-order valence-electron chi connectivity index (χ4n) is 1.31. The third-order valence-electron chi connectivity index (χ3n) is 2.27. The molecule has 1 heterocycles. The van der Waals surface area contributed by atoms with E-state index in [9.17, 15) is 9.59 Å². The van der Waals surface area contributed by atoms with Gasteiger partial charge in [-0.3, -0.25) is 9.78 Å². The van der Waals surface area contributed by atoms with Gasteiger partial charge in [-0.2, -0.15) is 0 Å². The lowest BCUT2D eigenvalue weighted by Crippen LogP contribution is -2.45. The van der Waals surface area contributed by atoms with Crippen molar-refractivity contribution in [2.75, 3.05) is 5.75 Å². The number of carboxylic acid groups (broad SMARTS) is 1. The van der Waals surface area contributed by atoms with E-state index in [-0.39, 0.29) is 17.6 Å². The van der Waals surface area contributed by atoms with E-state index >= 15 is 0 Å². The summed E-state index contributed by atoms with van der Waals surface area (Å²) in [7, 11) is 0. The summed E-state index contributed by atoms with van der Waals surface area (Å²) in [5.74, 6) is -1.23. The molecule has 1 atom stereocenters. The first-order chi connectivity index (χ1) is 8.50. The van der Waals surface area contributed by atoms with Gasteiger partial charge < -0.3 is 10.4 Å². The molecule has 0 aromatic carbocycles. The zero-order valence-electron chi connectivity index (χ0n) is 10.3. The smallest absolute Gasteiger partial charge is 0.326 e. The van der Waals surface area contributed by atoms with Crippen LogP contribution in [-0.4, -0.2) is 33.8 Å². The number of hydrogen-bond donors (Lipinski definition) is 2. The van der Waals surface area contributed by atoms with Crippen molar-refractivity contribution in [2.24, 2.45) is 5.92 Å². The van der Waals surface area contributed by atoms with E-state index in [2.05, 4.69) is 10.3 Å². The Morgan fingerprint density at radius 3 is 2.50 bits per heavy atom. The number of carboxylic acids is 1. The molecule has 1 amide bonds. The summed E-state index contributed by atoms with van der Waals surface area (Å²) in [6.45, 7) is 3.52. The number of nitrogens with zero attached hydrogens (tertiary/aromatic N) is 1. The average Bonchev–Trinajstić information content (AvgIpc) is 2.34. The number of nitrogens with one attached hydrogen (secondary N) is 1. The van der Waals surface area contributed by atoms with Crippen LogP contribution in [0.1, 0.15) is 13.8 Å². The van der Waals surface area contributed by atoms with Crippen LogP contribution in [0.25, 0.3) is 0 Å². The summed E-state index contributed by atoms with van der Waals surface area (Å²) in [5, 5.41) is 11.5. The van der Waals surface area contributed by atoms with Gasteiger partial charge in [0.15, 0.2) is 0 Å². The van der Waals surface area contributed by atoms with Crippen molar-refractivity contribution in [3.63, 3.8) is 0 Å². The molecule has 0 radical (unpaired) electrons. The van der Waals surface area contributed by atoms with Crippen molar-refractivity contribution in [3.8, 4) is 0 Å². The van der Waals surface area contributed by atoms with E-state index in [1.165, 1.54) is 11.8 Å². The zero-order valence-corrected chi connectivity index (χ0v) is 11.1. The highest BCUT2D eigenvalue weighted by molar-refractivity contribution is 8.00. The molecule has 0 unspecified atom stereocenters. The summed E-state index contributed by atoms with van der Waals surface area (Å²) in [6.07, 6.45) is 3.29. The number of aliphatic carboxylic acids is 1. The van der Waals surface area contributed by atoms with Crippen LogP contribution in [-0.2, 0) is 9.59 Å². The van der Waals surface area contributed by atoms with Crippen molar-refractivity contribution in [1.82, 2.24) is 10.3 Å². The van der Waals surface area contributed by atoms with Gasteiger partial charge in [-0.05, 0) is 18.1 Å². The van der Waals surface area contributed by atoms with Gasteiger partial charge in [0.05, 0.1) is 5.75 Å². The number of pyridine rings is 1. The molecule has 2 N–H and O–H groups in total. The van der Waals surface area contributed by atoms with Crippen molar-refractivity contribution in [3.05, 3.63) is 24.5 Å². The Morgan fingerprint density at radius 1 is 1.39 bits per heavy atom. The molecule has 1 rings (SSSR count). The number of rotatable bonds is 6. The predicted octanol–water partition coefficient (Wildman–Crippen LogP) is 1.40. The number of carbonyl (C=O) groups excluding carboxylic acids is 1. The van der Waals surface area contributed by atoms with E-state index in [0.717, 1.165) is 4.90 Å². The molecule has 0 saturated carbocycles. The fourth-order valence-corrected chi connectivity index (χ4v) is 2.01. The van der Waals surface area contributed by atoms with Crippen LogP contribution >= 0.6 is 11.8 Å². The number of amides is 1.